The summed E-state index contributed by atoms with van der Waals surface area (Å²) in [4.78, 5) is 23.9. The summed E-state index contributed by atoms with van der Waals surface area (Å²) in [6.07, 6.45) is 3.08. The van der Waals surface area contributed by atoms with E-state index < -0.39 is 0 Å². The average molecular weight is 444 g/mol. The third kappa shape index (κ3) is 4.63. The van der Waals surface area contributed by atoms with Crippen molar-refractivity contribution in [3.05, 3.63) is 100 Å². The van der Waals surface area contributed by atoms with Crippen LogP contribution in [-0.4, -0.2) is 21.5 Å². The topological polar surface area (TPSA) is 64.0 Å². The molecule has 1 aromatic heterocycles. The van der Waals surface area contributed by atoms with Crippen LogP contribution in [0.4, 0.5) is 5.69 Å². The quantitative estimate of drug-likeness (QED) is 0.298. The highest BCUT2D eigenvalue weighted by Crippen LogP contribution is 2.25. The molecule has 0 spiro atoms. The number of ketones is 1. The molecule has 0 bridgehead atoms. The average Bonchev–Trinajstić information content (AvgIpc) is 3.05. The summed E-state index contributed by atoms with van der Waals surface area (Å²) in [7, 11) is 0. The first-order valence-corrected chi connectivity index (χ1v) is 10.6. The molecule has 32 heavy (non-hydrogen) atoms. The summed E-state index contributed by atoms with van der Waals surface area (Å²) in [6.45, 7) is 3.87. The van der Waals surface area contributed by atoms with Gasteiger partial charge < -0.3 is 5.32 Å². The number of aromatic nitrogens is 2. The number of rotatable bonds is 6. The normalized spacial score (nSPS) is 11.2. The Hall–Kier alpha value is -3.70. The molecule has 3 aromatic carbocycles. The number of nitrogens with one attached hydrogen (secondary N) is 1. The summed E-state index contributed by atoms with van der Waals surface area (Å²) in [6, 6.07) is 21.2. The number of benzene rings is 3. The monoisotopic (exact) mass is 443 g/mol. The van der Waals surface area contributed by atoms with E-state index >= 15 is 0 Å². The van der Waals surface area contributed by atoms with Gasteiger partial charge >= 0.3 is 0 Å². The van der Waals surface area contributed by atoms with E-state index in [4.69, 9.17) is 11.6 Å². The number of anilines is 1. The molecule has 6 heteroatoms. The molecule has 160 valence electrons. The Morgan fingerprint density at radius 3 is 2.62 bits per heavy atom. The van der Waals surface area contributed by atoms with Crippen molar-refractivity contribution in [1.29, 1.82) is 0 Å². The van der Waals surface area contributed by atoms with Gasteiger partial charge in [-0.05, 0) is 48.4 Å². The van der Waals surface area contributed by atoms with Crippen LogP contribution in [0.25, 0.3) is 16.8 Å². The van der Waals surface area contributed by atoms with E-state index in [9.17, 15) is 9.59 Å². The number of fused-ring (bicyclic) bond motifs is 1. The molecular formula is C26H22ClN3O2. The molecule has 0 aliphatic heterocycles. The molecule has 1 amide bonds. The minimum absolute atomic E-state index is 0.0577. The maximum atomic E-state index is 12.4. The largest absolute Gasteiger partial charge is 0.322 e. The second kappa shape index (κ2) is 9.20. The third-order valence-corrected chi connectivity index (χ3v) is 5.65. The van der Waals surface area contributed by atoms with Gasteiger partial charge in [0.25, 0.3) is 0 Å². The third-order valence-electron chi connectivity index (χ3n) is 5.25. The maximum absolute atomic E-state index is 12.4. The van der Waals surface area contributed by atoms with Gasteiger partial charge in [-0.15, -0.1) is 0 Å². The van der Waals surface area contributed by atoms with Crippen LogP contribution in [0.2, 0.25) is 5.15 Å². The summed E-state index contributed by atoms with van der Waals surface area (Å²) in [5, 5.41) is 10.1. The van der Waals surface area contributed by atoms with E-state index in [0.29, 0.717) is 28.5 Å². The lowest BCUT2D eigenvalue weighted by molar-refractivity contribution is -0.111. The zero-order valence-electron chi connectivity index (χ0n) is 17.8. The fourth-order valence-corrected chi connectivity index (χ4v) is 3.91. The minimum Gasteiger partial charge on any atom is -0.322 e. The molecule has 0 saturated carbocycles. The van der Waals surface area contributed by atoms with Gasteiger partial charge in [-0.3, -0.25) is 9.59 Å². The molecule has 1 heterocycles. The molecule has 0 radical (unpaired) electrons. The molecule has 0 aliphatic rings. The number of amides is 1. The standard InChI is InChI=1S/C26H22ClN3O2/c1-17-23(13-14-25(32)28-22-11-6-9-20(15-22)18(2)31)26(27)30(29-17)16-21-10-5-8-19-7-3-4-12-24(19)21/h3-15H,16H2,1-2H3,(H,28,32)/b14-13+. The van der Waals surface area contributed by atoms with Crippen molar-refractivity contribution in [1.82, 2.24) is 9.78 Å². The van der Waals surface area contributed by atoms with Gasteiger partial charge in [0.15, 0.2) is 5.78 Å². The molecule has 0 saturated heterocycles. The smallest absolute Gasteiger partial charge is 0.248 e. The Morgan fingerprint density at radius 2 is 1.81 bits per heavy atom. The van der Waals surface area contributed by atoms with Crippen LogP contribution in [0.1, 0.15) is 34.1 Å². The first kappa shape index (κ1) is 21.5. The molecule has 0 atom stereocenters. The summed E-state index contributed by atoms with van der Waals surface area (Å²) >= 11 is 6.61. The highest BCUT2D eigenvalue weighted by molar-refractivity contribution is 6.31. The predicted octanol–water partition coefficient (Wildman–Crippen LogP) is 5.90. The minimum atomic E-state index is -0.317. The van der Waals surface area contributed by atoms with Crippen molar-refractivity contribution in [3.63, 3.8) is 0 Å². The van der Waals surface area contributed by atoms with Crippen LogP contribution in [0, 0.1) is 6.92 Å². The number of carbonyl (C=O) groups excluding carboxylic acids is 2. The van der Waals surface area contributed by atoms with Crippen LogP contribution in [0.3, 0.4) is 0 Å². The van der Waals surface area contributed by atoms with Gasteiger partial charge in [-0.25, -0.2) is 4.68 Å². The predicted molar refractivity (Wildman–Crippen MR) is 129 cm³/mol. The molecule has 0 unspecified atom stereocenters. The summed E-state index contributed by atoms with van der Waals surface area (Å²) in [5.41, 5.74) is 3.64. The SMILES string of the molecule is CC(=O)c1cccc(NC(=O)/C=C/c2c(C)nn(Cc3cccc4ccccc34)c2Cl)c1. The summed E-state index contributed by atoms with van der Waals surface area (Å²) < 4.78 is 1.74. The van der Waals surface area contributed by atoms with E-state index in [1.54, 1.807) is 35.0 Å². The maximum Gasteiger partial charge on any atom is 0.248 e. The van der Waals surface area contributed by atoms with Gasteiger partial charge in [0, 0.05) is 22.9 Å². The first-order chi connectivity index (χ1) is 15.4. The van der Waals surface area contributed by atoms with Crippen molar-refractivity contribution in [2.24, 2.45) is 0 Å². The van der Waals surface area contributed by atoms with Gasteiger partial charge in [-0.2, -0.15) is 5.10 Å². The number of nitrogens with zero attached hydrogens (tertiary/aromatic N) is 2. The number of halogens is 1. The highest BCUT2D eigenvalue weighted by atomic mass is 35.5. The molecular weight excluding hydrogens is 422 g/mol. The van der Waals surface area contributed by atoms with Gasteiger partial charge in [-0.1, -0.05) is 66.2 Å². The molecule has 0 aliphatic carbocycles. The number of hydrogen-bond donors (Lipinski definition) is 1. The lowest BCUT2D eigenvalue weighted by Crippen LogP contribution is -2.08. The van der Waals surface area contributed by atoms with Gasteiger partial charge in [0.2, 0.25) is 5.91 Å². The van der Waals surface area contributed by atoms with Gasteiger partial charge in [0.05, 0.1) is 12.2 Å². The molecule has 4 aromatic rings. The van der Waals surface area contributed by atoms with Crippen LogP contribution >= 0.6 is 11.6 Å². The van der Waals surface area contributed by atoms with Crippen LogP contribution in [0.15, 0.2) is 72.8 Å². The fourth-order valence-electron chi connectivity index (χ4n) is 3.61. The van der Waals surface area contributed by atoms with E-state index in [2.05, 4.69) is 34.7 Å². The Balaban J connectivity index is 1.53. The number of Topliss-reactive ketones (excluding diaryl/α,β-unsaturated/α-hetero) is 1. The fraction of sp³-hybridized carbons (Fsp3) is 0.115. The van der Waals surface area contributed by atoms with E-state index in [1.807, 2.05) is 25.1 Å². The second-order valence-corrected chi connectivity index (χ2v) is 7.90. The van der Waals surface area contributed by atoms with Crippen molar-refractivity contribution >= 4 is 45.8 Å². The zero-order chi connectivity index (χ0) is 22.7. The molecule has 1 N–H and O–H groups in total. The van der Waals surface area contributed by atoms with Crippen molar-refractivity contribution in [2.45, 2.75) is 20.4 Å². The lowest BCUT2D eigenvalue weighted by atomic mass is 10.0. The van der Waals surface area contributed by atoms with E-state index in [1.165, 1.54) is 13.0 Å². The summed E-state index contributed by atoms with van der Waals surface area (Å²) in [5.74, 6) is -0.374. The molecule has 5 nitrogen and oxygen atoms in total. The van der Waals surface area contributed by atoms with Gasteiger partial charge in [0.1, 0.15) is 5.15 Å². The van der Waals surface area contributed by atoms with Crippen LogP contribution in [-0.2, 0) is 11.3 Å². The van der Waals surface area contributed by atoms with Crippen LogP contribution in [0.5, 0.6) is 0 Å². The number of aryl methyl sites for hydroxylation is 1. The van der Waals surface area contributed by atoms with E-state index in [-0.39, 0.29) is 11.7 Å². The Kier molecular flexibility index (Phi) is 6.19. The zero-order valence-corrected chi connectivity index (χ0v) is 18.6. The lowest BCUT2D eigenvalue weighted by Gasteiger charge is -2.08. The van der Waals surface area contributed by atoms with Crippen molar-refractivity contribution in [3.8, 4) is 0 Å². The van der Waals surface area contributed by atoms with E-state index in [0.717, 1.165) is 22.0 Å². The van der Waals surface area contributed by atoms with Crippen LogP contribution < -0.4 is 5.32 Å². The Bertz CT molecular complexity index is 1350. The first-order valence-electron chi connectivity index (χ1n) is 10.2. The van der Waals surface area contributed by atoms with Crippen molar-refractivity contribution in [2.75, 3.05) is 5.32 Å². The highest BCUT2D eigenvalue weighted by Gasteiger charge is 2.13. The molecule has 4 rings (SSSR count). The molecule has 0 fully saturated rings. The Labute approximate surface area is 191 Å². The second-order valence-electron chi connectivity index (χ2n) is 7.55. The number of hydrogen-bond acceptors (Lipinski definition) is 3. The Morgan fingerprint density at radius 1 is 1.06 bits per heavy atom. The number of carbonyl (C=O) groups is 2. The van der Waals surface area contributed by atoms with Crippen molar-refractivity contribution < 1.29 is 9.59 Å².